The van der Waals surface area contributed by atoms with Crippen LogP contribution in [0.15, 0.2) is 36.7 Å². The highest BCUT2D eigenvalue weighted by Crippen LogP contribution is 2.18. The van der Waals surface area contributed by atoms with Crippen molar-refractivity contribution in [2.75, 3.05) is 43.0 Å². The van der Waals surface area contributed by atoms with E-state index in [0.717, 1.165) is 19.3 Å². The van der Waals surface area contributed by atoms with Crippen molar-refractivity contribution in [1.29, 1.82) is 0 Å². The first-order chi connectivity index (χ1) is 13.7. The van der Waals surface area contributed by atoms with Gasteiger partial charge in [0.1, 0.15) is 0 Å². The number of rotatable bonds is 6. The highest BCUT2D eigenvalue weighted by molar-refractivity contribution is 5.89. The van der Waals surface area contributed by atoms with Crippen molar-refractivity contribution < 1.29 is 13.9 Å². The van der Waals surface area contributed by atoms with Gasteiger partial charge in [-0.3, -0.25) is 0 Å². The van der Waals surface area contributed by atoms with Gasteiger partial charge in [-0.25, -0.2) is 19.2 Å². The average molecular weight is 387 g/mol. The third-order valence-corrected chi connectivity index (χ3v) is 4.56. The summed E-state index contributed by atoms with van der Waals surface area (Å²) in [6.45, 7) is 5.02. The number of aromatic nitrogens is 2. The van der Waals surface area contributed by atoms with Crippen molar-refractivity contribution in [3.63, 3.8) is 0 Å². The minimum Gasteiger partial charge on any atom is -0.478 e. The van der Waals surface area contributed by atoms with E-state index in [0.29, 0.717) is 50.2 Å². The molecule has 150 valence electrons. The Morgan fingerprint density at radius 3 is 2.86 bits per heavy atom. The van der Waals surface area contributed by atoms with E-state index in [4.69, 9.17) is 4.74 Å². The smallest absolute Gasteiger partial charge is 0.321 e. The summed E-state index contributed by atoms with van der Waals surface area (Å²) in [5, 5.41) is 2.86. The summed E-state index contributed by atoms with van der Waals surface area (Å²) in [7, 11) is 0. The number of ether oxygens (including phenoxy) is 1. The monoisotopic (exact) mass is 387 g/mol. The summed E-state index contributed by atoms with van der Waals surface area (Å²) in [5.74, 6) is 0.551. The predicted octanol–water partition coefficient (Wildman–Crippen LogP) is 3.54. The van der Waals surface area contributed by atoms with E-state index >= 15 is 0 Å². The van der Waals surface area contributed by atoms with E-state index in [1.807, 2.05) is 4.90 Å². The molecule has 7 nitrogen and oxygen atoms in total. The third-order valence-electron chi connectivity index (χ3n) is 4.56. The fourth-order valence-electron chi connectivity index (χ4n) is 3.01. The molecule has 1 aliphatic rings. The van der Waals surface area contributed by atoms with Crippen LogP contribution in [0, 0.1) is 5.82 Å². The molecule has 0 saturated carbocycles. The molecule has 1 fully saturated rings. The molecule has 0 atom stereocenters. The zero-order valence-corrected chi connectivity index (χ0v) is 16.1. The zero-order valence-electron chi connectivity index (χ0n) is 16.1. The number of nitrogens with zero attached hydrogens (tertiary/aromatic N) is 4. The normalized spacial score (nSPS) is 14.5. The molecule has 1 N–H and O–H groups in total. The molecule has 8 heteroatoms. The van der Waals surface area contributed by atoms with Crippen molar-refractivity contribution in [3.05, 3.63) is 42.5 Å². The lowest BCUT2D eigenvalue weighted by molar-refractivity contribution is 0.215. The van der Waals surface area contributed by atoms with E-state index in [1.165, 1.54) is 6.07 Å². The molecular weight excluding hydrogens is 361 g/mol. The highest BCUT2D eigenvalue weighted by Gasteiger charge is 2.21. The molecule has 0 radical (unpaired) electrons. The summed E-state index contributed by atoms with van der Waals surface area (Å²) >= 11 is 0. The average Bonchev–Trinajstić information content (AvgIpc) is 2.96. The van der Waals surface area contributed by atoms with Crippen LogP contribution in [0.1, 0.15) is 26.2 Å². The first kappa shape index (κ1) is 19.9. The Hall–Kier alpha value is -2.90. The van der Waals surface area contributed by atoms with Gasteiger partial charge >= 0.3 is 6.03 Å². The van der Waals surface area contributed by atoms with E-state index in [9.17, 15) is 9.18 Å². The minimum absolute atomic E-state index is 0.190. The number of unbranched alkanes of at least 4 members (excludes halogenated alkanes) is 1. The fourth-order valence-corrected chi connectivity index (χ4v) is 3.01. The summed E-state index contributed by atoms with van der Waals surface area (Å²) in [5.41, 5.74) is 0.615. The number of urea groups is 1. The van der Waals surface area contributed by atoms with Crippen LogP contribution < -0.4 is 15.0 Å². The van der Waals surface area contributed by atoms with Gasteiger partial charge in [0, 0.05) is 38.4 Å². The van der Waals surface area contributed by atoms with Gasteiger partial charge < -0.3 is 19.9 Å². The topological polar surface area (TPSA) is 70.6 Å². The number of hydrogen-bond donors (Lipinski definition) is 1. The summed E-state index contributed by atoms with van der Waals surface area (Å²) in [6, 6.07) is 6.31. The van der Waals surface area contributed by atoms with Crippen molar-refractivity contribution in [3.8, 4) is 5.88 Å². The molecule has 2 amide bonds. The second-order valence-corrected chi connectivity index (χ2v) is 6.65. The SMILES string of the molecule is CCCCOc1ccc(NC(=O)N2CCCN(c3ncccc3F)CC2)cn1. The Bertz CT molecular complexity index is 771. The first-order valence-electron chi connectivity index (χ1n) is 9.67. The second kappa shape index (κ2) is 9.87. The van der Waals surface area contributed by atoms with E-state index in [2.05, 4.69) is 22.2 Å². The lowest BCUT2D eigenvalue weighted by Crippen LogP contribution is -2.38. The molecule has 0 aliphatic carbocycles. The Morgan fingerprint density at radius 2 is 2.11 bits per heavy atom. The molecule has 2 aromatic heterocycles. The quantitative estimate of drug-likeness (QED) is 0.768. The molecule has 3 heterocycles. The largest absolute Gasteiger partial charge is 0.478 e. The maximum Gasteiger partial charge on any atom is 0.321 e. The Labute approximate surface area is 164 Å². The van der Waals surface area contributed by atoms with Crippen LogP contribution >= 0.6 is 0 Å². The van der Waals surface area contributed by atoms with E-state index < -0.39 is 0 Å². The lowest BCUT2D eigenvalue weighted by Gasteiger charge is -2.23. The van der Waals surface area contributed by atoms with Gasteiger partial charge in [-0.15, -0.1) is 0 Å². The third kappa shape index (κ3) is 5.31. The number of carbonyl (C=O) groups is 1. The van der Waals surface area contributed by atoms with Gasteiger partial charge in [0.2, 0.25) is 5.88 Å². The van der Waals surface area contributed by atoms with Crippen LogP contribution in [0.5, 0.6) is 5.88 Å². The number of nitrogens with one attached hydrogen (secondary N) is 1. The first-order valence-corrected chi connectivity index (χ1v) is 9.67. The van der Waals surface area contributed by atoms with Gasteiger partial charge in [0.05, 0.1) is 18.5 Å². The summed E-state index contributed by atoms with van der Waals surface area (Å²) < 4.78 is 19.5. The van der Waals surface area contributed by atoms with Crippen molar-refractivity contribution in [1.82, 2.24) is 14.9 Å². The number of anilines is 2. The molecule has 0 bridgehead atoms. The lowest BCUT2D eigenvalue weighted by atomic mass is 10.3. The van der Waals surface area contributed by atoms with Crippen LogP contribution in [0.2, 0.25) is 0 Å². The number of amides is 2. The van der Waals surface area contributed by atoms with Gasteiger partial charge in [-0.2, -0.15) is 0 Å². The number of carbonyl (C=O) groups excluding carboxylic acids is 1. The van der Waals surface area contributed by atoms with Gasteiger partial charge in [-0.05, 0) is 31.0 Å². The van der Waals surface area contributed by atoms with E-state index in [1.54, 1.807) is 35.5 Å². The van der Waals surface area contributed by atoms with Crippen LogP contribution in [0.25, 0.3) is 0 Å². The molecule has 1 saturated heterocycles. The molecule has 3 rings (SSSR count). The Balaban J connectivity index is 1.53. The highest BCUT2D eigenvalue weighted by atomic mass is 19.1. The van der Waals surface area contributed by atoms with Crippen molar-refractivity contribution >= 4 is 17.5 Å². The number of halogens is 1. The summed E-state index contributed by atoms with van der Waals surface area (Å²) in [6.07, 6.45) is 5.96. The number of hydrogen-bond acceptors (Lipinski definition) is 5. The van der Waals surface area contributed by atoms with Gasteiger partial charge in [0.15, 0.2) is 11.6 Å². The van der Waals surface area contributed by atoms with E-state index in [-0.39, 0.29) is 11.8 Å². The molecular formula is C20H26FN5O2. The standard InChI is InChI=1S/C20H26FN5O2/c1-2-3-14-28-18-8-7-16(15-23-18)24-20(27)26-11-5-10-25(12-13-26)19-17(21)6-4-9-22-19/h4,6-9,15H,2-3,5,10-14H2,1H3,(H,24,27). The number of pyridine rings is 2. The van der Waals surface area contributed by atoms with Crippen LogP contribution in [0.4, 0.5) is 20.7 Å². The summed E-state index contributed by atoms with van der Waals surface area (Å²) in [4.78, 5) is 24.5. The minimum atomic E-state index is -0.340. The molecule has 1 aliphatic heterocycles. The maximum absolute atomic E-state index is 14.0. The molecule has 0 aromatic carbocycles. The van der Waals surface area contributed by atoms with Crippen LogP contribution in [-0.4, -0.2) is 53.7 Å². The molecule has 2 aromatic rings. The van der Waals surface area contributed by atoms with Crippen LogP contribution in [0.3, 0.4) is 0 Å². The van der Waals surface area contributed by atoms with Gasteiger partial charge in [-0.1, -0.05) is 13.3 Å². The second-order valence-electron chi connectivity index (χ2n) is 6.65. The molecule has 28 heavy (non-hydrogen) atoms. The molecule has 0 spiro atoms. The maximum atomic E-state index is 14.0. The predicted molar refractivity (Wildman–Crippen MR) is 106 cm³/mol. The van der Waals surface area contributed by atoms with Crippen LogP contribution in [-0.2, 0) is 0 Å². The Kier molecular flexibility index (Phi) is 7.00. The fraction of sp³-hybridized carbons (Fsp3) is 0.450. The van der Waals surface area contributed by atoms with Crippen molar-refractivity contribution in [2.24, 2.45) is 0 Å². The zero-order chi connectivity index (χ0) is 19.8. The van der Waals surface area contributed by atoms with Gasteiger partial charge in [0.25, 0.3) is 0 Å². The molecule has 0 unspecified atom stereocenters. The Morgan fingerprint density at radius 1 is 1.21 bits per heavy atom. The van der Waals surface area contributed by atoms with Crippen molar-refractivity contribution in [2.45, 2.75) is 26.2 Å².